The minimum Gasteiger partial charge on any atom is -0.339 e. The summed E-state index contributed by atoms with van der Waals surface area (Å²) < 4.78 is 0. The molecule has 1 amide bonds. The van der Waals surface area contributed by atoms with Crippen molar-refractivity contribution in [2.24, 2.45) is 5.41 Å². The molecule has 4 nitrogen and oxygen atoms in total. The molecular weight excluding hydrogens is 234 g/mol. The van der Waals surface area contributed by atoms with Crippen molar-refractivity contribution in [1.82, 2.24) is 15.2 Å². The Morgan fingerprint density at radius 2 is 2.29 bits per heavy atom. The lowest BCUT2D eigenvalue weighted by Crippen LogP contribution is -2.46. The molecule has 5 heteroatoms. The van der Waals surface area contributed by atoms with Gasteiger partial charge in [0.2, 0.25) is 5.91 Å². The molecule has 2 heterocycles. The maximum Gasteiger partial charge on any atom is 0.228 e. The van der Waals surface area contributed by atoms with E-state index in [0.717, 1.165) is 31.6 Å². The van der Waals surface area contributed by atoms with Gasteiger partial charge < -0.3 is 10.2 Å². The largest absolute Gasteiger partial charge is 0.339 e. The van der Waals surface area contributed by atoms with Crippen molar-refractivity contribution in [2.75, 3.05) is 20.1 Å². The fraction of sp³-hybridized carbons (Fsp3) is 0.667. The van der Waals surface area contributed by atoms with E-state index in [2.05, 4.69) is 17.2 Å². The van der Waals surface area contributed by atoms with Crippen LogP contribution in [0.25, 0.3) is 0 Å². The summed E-state index contributed by atoms with van der Waals surface area (Å²) in [6.07, 6.45) is 1.85. The molecule has 0 spiro atoms. The molecule has 0 unspecified atom stereocenters. The normalized spacial score (nSPS) is 18.9. The lowest BCUT2D eigenvalue weighted by Gasteiger charge is -2.35. The van der Waals surface area contributed by atoms with Gasteiger partial charge in [0.1, 0.15) is 0 Å². The van der Waals surface area contributed by atoms with Gasteiger partial charge in [-0.25, -0.2) is 4.98 Å². The van der Waals surface area contributed by atoms with Crippen molar-refractivity contribution >= 4 is 17.2 Å². The lowest BCUT2D eigenvalue weighted by atomic mass is 9.80. The Morgan fingerprint density at radius 1 is 1.59 bits per heavy atom. The van der Waals surface area contributed by atoms with Crippen molar-refractivity contribution in [3.8, 4) is 0 Å². The zero-order valence-electron chi connectivity index (χ0n) is 10.4. The number of thiazole rings is 1. The van der Waals surface area contributed by atoms with Crippen LogP contribution in [0.15, 0.2) is 10.9 Å². The zero-order chi connectivity index (χ0) is 12.3. The Morgan fingerprint density at radius 3 is 2.88 bits per heavy atom. The predicted molar refractivity (Wildman–Crippen MR) is 68.8 cm³/mol. The molecule has 1 fully saturated rings. The summed E-state index contributed by atoms with van der Waals surface area (Å²) in [6, 6.07) is 0. The number of rotatable bonds is 3. The summed E-state index contributed by atoms with van der Waals surface area (Å²) in [5, 5.41) is 5.29. The molecule has 0 bridgehead atoms. The van der Waals surface area contributed by atoms with Gasteiger partial charge in [-0.1, -0.05) is 6.92 Å². The molecule has 0 radical (unpaired) electrons. The highest BCUT2D eigenvalue weighted by Gasteiger charge is 2.36. The van der Waals surface area contributed by atoms with Crippen LogP contribution in [0.5, 0.6) is 0 Å². The Hall–Kier alpha value is -0.940. The van der Waals surface area contributed by atoms with Crippen molar-refractivity contribution in [3.63, 3.8) is 0 Å². The van der Waals surface area contributed by atoms with E-state index in [4.69, 9.17) is 0 Å². The van der Waals surface area contributed by atoms with Gasteiger partial charge in [0.05, 0.1) is 17.7 Å². The van der Waals surface area contributed by atoms with Crippen LogP contribution in [0.3, 0.4) is 0 Å². The average Bonchev–Trinajstić information content (AvgIpc) is 2.81. The highest BCUT2D eigenvalue weighted by atomic mass is 32.1. The number of amides is 1. The van der Waals surface area contributed by atoms with E-state index < -0.39 is 0 Å². The van der Waals surface area contributed by atoms with E-state index >= 15 is 0 Å². The number of piperidine rings is 1. The van der Waals surface area contributed by atoms with Crippen LogP contribution in [0.2, 0.25) is 0 Å². The maximum atomic E-state index is 12.4. The summed E-state index contributed by atoms with van der Waals surface area (Å²) >= 11 is 1.57. The third-order valence-corrected chi connectivity index (χ3v) is 4.09. The SMILES string of the molecule is CN(Cc1cscn1)C(=O)C1(C)CCNCC1. The molecule has 17 heavy (non-hydrogen) atoms. The quantitative estimate of drug-likeness (QED) is 0.887. The van der Waals surface area contributed by atoms with Gasteiger partial charge >= 0.3 is 0 Å². The molecule has 2 rings (SSSR count). The maximum absolute atomic E-state index is 12.4. The second kappa shape index (κ2) is 5.14. The summed E-state index contributed by atoms with van der Waals surface area (Å²) in [6.45, 7) is 4.57. The number of hydrogen-bond donors (Lipinski definition) is 1. The van der Waals surface area contributed by atoms with Gasteiger partial charge in [-0.2, -0.15) is 0 Å². The van der Waals surface area contributed by atoms with Crippen LogP contribution in [0.4, 0.5) is 0 Å². The van der Waals surface area contributed by atoms with E-state index in [0.29, 0.717) is 6.54 Å². The Labute approximate surface area is 106 Å². The summed E-state index contributed by atoms with van der Waals surface area (Å²) in [5.74, 6) is 0.243. The van der Waals surface area contributed by atoms with Crippen LogP contribution in [-0.2, 0) is 11.3 Å². The second-order valence-corrected chi connectivity index (χ2v) is 5.67. The van der Waals surface area contributed by atoms with Crippen molar-refractivity contribution in [3.05, 3.63) is 16.6 Å². The minimum atomic E-state index is -0.198. The first-order valence-corrected chi connectivity index (χ1v) is 6.89. The molecular formula is C12H19N3OS. The Balaban J connectivity index is 1.98. The molecule has 1 aliphatic heterocycles. The van der Waals surface area contributed by atoms with Crippen LogP contribution in [-0.4, -0.2) is 35.9 Å². The summed E-state index contributed by atoms with van der Waals surface area (Å²) in [4.78, 5) is 18.4. The van der Waals surface area contributed by atoms with Gasteiger partial charge in [-0.15, -0.1) is 11.3 Å². The average molecular weight is 253 g/mol. The first-order valence-electron chi connectivity index (χ1n) is 5.95. The van der Waals surface area contributed by atoms with Crippen LogP contribution < -0.4 is 5.32 Å². The molecule has 1 aromatic heterocycles. The van der Waals surface area contributed by atoms with E-state index in [-0.39, 0.29) is 11.3 Å². The van der Waals surface area contributed by atoms with Crippen molar-refractivity contribution in [1.29, 1.82) is 0 Å². The molecule has 0 atom stereocenters. The fourth-order valence-corrected chi connectivity index (χ4v) is 2.83. The van der Waals surface area contributed by atoms with Crippen molar-refractivity contribution in [2.45, 2.75) is 26.3 Å². The van der Waals surface area contributed by atoms with E-state index in [1.54, 1.807) is 21.7 Å². The number of nitrogens with one attached hydrogen (secondary N) is 1. The number of hydrogen-bond acceptors (Lipinski definition) is 4. The number of aromatic nitrogens is 1. The third-order valence-electron chi connectivity index (χ3n) is 3.45. The van der Waals surface area contributed by atoms with Gasteiger partial charge in [0, 0.05) is 17.8 Å². The van der Waals surface area contributed by atoms with Crippen LogP contribution in [0, 0.1) is 5.41 Å². The molecule has 1 N–H and O–H groups in total. The first-order chi connectivity index (χ1) is 8.12. The number of nitrogens with zero attached hydrogens (tertiary/aromatic N) is 2. The predicted octanol–water partition coefficient (Wildman–Crippen LogP) is 1.49. The highest BCUT2D eigenvalue weighted by molar-refractivity contribution is 7.07. The molecule has 1 aromatic rings. The summed E-state index contributed by atoms with van der Waals surface area (Å²) in [7, 11) is 1.87. The molecule has 0 aromatic carbocycles. The molecule has 1 saturated heterocycles. The van der Waals surface area contributed by atoms with Gasteiger partial charge in [-0.3, -0.25) is 4.79 Å². The van der Waals surface area contributed by atoms with E-state index in [1.165, 1.54) is 0 Å². The van der Waals surface area contributed by atoms with Gasteiger partial charge in [0.25, 0.3) is 0 Å². The molecule has 1 aliphatic rings. The zero-order valence-corrected chi connectivity index (χ0v) is 11.2. The number of carbonyl (C=O) groups is 1. The standard InChI is InChI=1S/C12H19N3OS/c1-12(3-5-13-6-4-12)11(16)15(2)7-10-8-17-9-14-10/h8-9,13H,3-7H2,1-2H3. The molecule has 94 valence electrons. The third kappa shape index (κ3) is 2.84. The van der Waals surface area contributed by atoms with Gasteiger partial charge in [0.15, 0.2) is 0 Å². The van der Waals surface area contributed by atoms with Gasteiger partial charge in [-0.05, 0) is 25.9 Å². The lowest BCUT2D eigenvalue weighted by molar-refractivity contribution is -0.141. The highest BCUT2D eigenvalue weighted by Crippen LogP contribution is 2.30. The van der Waals surface area contributed by atoms with Crippen LogP contribution in [0.1, 0.15) is 25.5 Å². The van der Waals surface area contributed by atoms with E-state index in [1.807, 2.05) is 12.4 Å². The minimum absolute atomic E-state index is 0.198. The summed E-state index contributed by atoms with van der Waals surface area (Å²) in [5.41, 5.74) is 2.58. The second-order valence-electron chi connectivity index (χ2n) is 4.95. The van der Waals surface area contributed by atoms with Crippen molar-refractivity contribution < 1.29 is 4.79 Å². The Kier molecular flexibility index (Phi) is 3.79. The number of carbonyl (C=O) groups excluding carboxylic acids is 1. The fourth-order valence-electron chi connectivity index (χ4n) is 2.28. The monoisotopic (exact) mass is 253 g/mol. The van der Waals surface area contributed by atoms with Crippen LogP contribution >= 0.6 is 11.3 Å². The molecule has 0 aliphatic carbocycles. The van der Waals surface area contributed by atoms with E-state index in [9.17, 15) is 4.79 Å². The Bertz CT molecular complexity index is 371. The first kappa shape index (κ1) is 12.5. The topological polar surface area (TPSA) is 45.2 Å². The molecule has 0 saturated carbocycles. The smallest absolute Gasteiger partial charge is 0.228 e.